The van der Waals surface area contributed by atoms with E-state index in [1.54, 1.807) is 36.4 Å². The number of aromatic nitrogens is 3. The van der Waals surface area contributed by atoms with Crippen molar-refractivity contribution in [2.75, 3.05) is 11.1 Å². The minimum Gasteiger partial charge on any atom is -0.342 e. The Labute approximate surface area is 197 Å². The Kier molecular flexibility index (Phi) is 8.30. The summed E-state index contributed by atoms with van der Waals surface area (Å²) < 4.78 is 1.94. The standard InChI is InChI=1S/C23H26ClN5O2S/c1-4-29-21(20(15(2)3)26-22(31)16-9-6-5-7-10-16)27-28-23(29)32-14-19(30)25-18-12-8-11-17(24)13-18/h5-13,15,20H,4,14H2,1-3H3,(H,25,30)(H,26,31)/t20-/m1/s1. The summed E-state index contributed by atoms with van der Waals surface area (Å²) in [4.78, 5) is 25.1. The van der Waals surface area contributed by atoms with Crippen LogP contribution in [0, 0.1) is 5.92 Å². The van der Waals surface area contributed by atoms with Crippen LogP contribution in [0.2, 0.25) is 5.02 Å². The van der Waals surface area contributed by atoms with Crippen molar-refractivity contribution in [2.24, 2.45) is 5.92 Å². The lowest BCUT2D eigenvalue weighted by atomic mass is 10.0. The summed E-state index contributed by atoms with van der Waals surface area (Å²) in [5.41, 5.74) is 1.23. The van der Waals surface area contributed by atoms with Crippen LogP contribution < -0.4 is 10.6 Å². The molecule has 2 aromatic carbocycles. The Morgan fingerprint density at radius 2 is 1.84 bits per heavy atom. The van der Waals surface area contributed by atoms with E-state index in [1.807, 2.05) is 43.5 Å². The predicted octanol–water partition coefficient (Wildman–Crippen LogP) is 4.81. The molecule has 0 fully saturated rings. The van der Waals surface area contributed by atoms with Crippen molar-refractivity contribution in [1.29, 1.82) is 0 Å². The van der Waals surface area contributed by atoms with Gasteiger partial charge in [0.05, 0.1) is 11.8 Å². The maximum absolute atomic E-state index is 12.7. The van der Waals surface area contributed by atoms with Gasteiger partial charge in [0.25, 0.3) is 5.91 Å². The summed E-state index contributed by atoms with van der Waals surface area (Å²) in [5, 5.41) is 15.7. The molecule has 9 heteroatoms. The second kappa shape index (κ2) is 11.2. The van der Waals surface area contributed by atoms with E-state index in [0.29, 0.717) is 33.8 Å². The van der Waals surface area contributed by atoms with Crippen LogP contribution in [-0.2, 0) is 11.3 Å². The number of anilines is 1. The number of nitrogens with one attached hydrogen (secondary N) is 2. The zero-order valence-corrected chi connectivity index (χ0v) is 19.8. The van der Waals surface area contributed by atoms with Crippen molar-refractivity contribution in [2.45, 2.75) is 38.5 Å². The number of hydrogen-bond donors (Lipinski definition) is 2. The first-order valence-corrected chi connectivity index (χ1v) is 11.7. The maximum Gasteiger partial charge on any atom is 0.251 e. The lowest BCUT2D eigenvalue weighted by Gasteiger charge is -2.22. The zero-order valence-electron chi connectivity index (χ0n) is 18.2. The van der Waals surface area contributed by atoms with Crippen LogP contribution in [0.5, 0.6) is 0 Å². The summed E-state index contributed by atoms with van der Waals surface area (Å²) in [6.07, 6.45) is 0. The van der Waals surface area contributed by atoms with Crippen LogP contribution in [0.25, 0.3) is 0 Å². The molecule has 3 rings (SSSR count). The highest BCUT2D eigenvalue weighted by molar-refractivity contribution is 7.99. The average molecular weight is 472 g/mol. The van der Waals surface area contributed by atoms with Crippen LogP contribution in [0.3, 0.4) is 0 Å². The van der Waals surface area contributed by atoms with E-state index in [-0.39, 0.29) is 29.5 Å². The van der Waals surface area contributed by atoms with Gasteiger partial charge in [-0.1, -0.05) is 61.5 Å². The summed E-state index contributed by atoms with van der Waals surface area (Å²) in [5.74, 6) is 0.617. The molecule has 1 atom stereocenters. The summed E-state index contributed by atoms with van der Waals surface area (Å²) in [7, 11) is 0. The van der Waals surface area contributed by atoms with Crippen LogP contribution >= 0.6 is 23.4 Å². The Morgan fingerprint density at radius 1 is 1.09 bits per heavy atom. The molecule has 0 saturated carbocycles. The van der Waals surface area contributed by atoms with Crippen LogP contribution in [-0.4, -0.2) is 32.3 Å². The fourth-order valence-electron chi connectivity index (χ4n) is 3.17. The quantitative estimate of drug-likeness (QED) is 0.437. The number of thioether (sulfide) groups is 1. The van der Waals surface area contributed by atoms with Crippen LogP contribution in [0.1, 0.15) is 43.0 Å². The van der Waals surface area contributed by atoms with Crippen LogP contribution in [0.4, 0.5) is 5.69 Å². The molecule has 2 amide bonds. The Bertz CT molecular complexity index is 1070. The molecule has 0 spiro atoms. The second-order valence-electron chi connectivity index (χ2n) is 7.49. The van der Waals surface area contributed by atoms with E-state index in [9.17, 15) is 9.59 Å². The fraction of sp³-hybridized carbons (Fsp3) is 0.304. The van der Waals surface area contributed by atoms with Crippen molar-refractivity contribution < 1.29 is 9.59 Å². The number of amides is 2. The number of carbonyl (C=O) groups excluding carboxylic acids is 2. The largest absolute Gasteiger partial charge is 0.342 e. The minimum absolute atomic E-state index is 0.0983. The van der Waals surface area contributed by atoms with Crippen molar-refractivity contribution in [3.8, 4) is 0 Å². The van der Waals surface area contributed by atoms with Gasteiger partial charge in [-0.2, -0.15) is 0 Å². The smallest absolute Gasteiger partial charge is 0.251 e. The summed E-state index contributed by atoms with van der Waals surface area (Å²) >= 11 is 7.27. The van der Waals surface area contributed by atoms with Crippen LogP contribution in [0.15, 0.2) is 59.8 Å². The molecule has 0 radical (unpaired) electrons. The molecule has 7 nitrogen and oxygen atoms in total. The van der Waals surface area contributed by atoms with Crippen molar-refractivity contribution >= 4 is 40.9 Å². The number of carbonyl (C=O) groups is 2. The highest BCUT2D eigenvalue weighted by Crippen LogP contribution is 2.26. The van der Waals surface area contributed by atoms with Gasteiger partial charge < -0.3 is 15.2 Å². The van der Waals surface area contributed by atoms with Gasteiger partial charge in [0, 0.05) is 22.8 Å². The highest BCUT2D eigenvalue weighted by atomic mass is 35.5. The van der Waals surface area contributed by atoms with Gasteiger partial charge in [0.15, 0.2) is 11.0 Å². The van der Waals surface area contributed by atoms with Crippen molar-refractivity contribution in [3.05, 3.63) is 71.0 Å². The molecule has 0 unspecified atom stereocenters. The molecule has 32 heavy (non-hydrogen) atoms. The van der Waals surface area contributed by atoms with E-state index >= 15 is 0 Å². The molecule has 1 heterocycles. The highest BCUT2D eigenvalue weighted by Gasteiger charge is 2.26. The topological polar surface area (TPSA) is 88.9 Å². The molecule has 168 valence electrons. The number of rotatable bonds is 9. The third-order valence-corrected chi connectivity index (χ3v) is 5.97. The molecule has 2 N–H and O–H groups in total. The van der Waals surface area contributed by atoms with Gasteiger partial charge in [-0.05, 0) is 43.2 Å². The fourth-order valence-corrected chi connectivity index (χ4v) is 4.17. The molecule has 1 aromatic heterocycles. The summed E-state index contributed by atoms with van der Waals surface area (Å²) in [6, 6.07) is 15.8. The van der Waals surface area contributed by atoms with E-state index < -0.39 is 0 Å². The molecule has 3 aromatic rings. The molecular formula is C23H26ClN5O2S. The first-order chi connectivity index (χ1) is 15.4. The predicted molar refractivity (Wildman–Crippen MR) is 128 cm³/mol. The third kappa shape index (κ3) is 6.11. The zero-order chi connectivity index (χ0) is 23.1. The molecule has 0 bridgehead atoms. The van der Waals surface area contributed by atoms with E-state index in [1.165, 1.54) is 11.8 Å². The molecule has 0 aliphatic heterocycles. The normalized spacial score (nSPS) is 11.9. The van der Waals surface area contributed by atoms with E-state index in [4.69, 9.17) is 11.6 Å². The van der Waals surface area contributed by atoms with Gasteiger partial charge in [-0.15, -0.1) is 10.2 Å². The lowest BCUT2D eigenvalue weighted by Crippen LogP contribution is -2.33. The monoisotopic (exact) mass is 471 g/mol. The number of halogens is 1. The van der Waals surface area contributed by atoms with Gasteiger partial charge in [0.1, 0.15) is 0 Å². The molecule has 0 aliphatic carbocycles. The second-order valence-corrected chi connectivity index (χ2v) is 8.87. The van der Waals surface area contributed by atoms with Crippen molar-refractivity contribution in [1.82, 2.24) is 20.1 Å². The first-order valence-electron chi connectivity index (χ1n) is 10.4. The number of hydrogen-bond acceptors (Lipinski definition) is 5. The minimum atomic E-state index is -0.315. The Hall–Kier alpha value is -2.84. The molecule has 0 saturated heterocycles. The van der Waals surface area contributed by atoms with Gasteiger partial charge in [-0.25, -0.2) is 0 Å². The van der Waals surface area contributed by atoms with Gasteiger partial charge >= 0.3 is 0 Å². The van der Waals surface area contributed by atoms with E-state index in [0.717, 1.165) is 0 Å². The van der Waals surface area contributed by atoms with Crippen molar-refractivity contribution in [3.63, 3.8) is 0 Å². The first kappa shape index (κ1) is 23.8. The van der Waals surface area contributed by atoms with Gasteiger partial charge in [0.2, 0.25) is 5.91 Å². The number of nitrogens with zero attached hydrogens (tertiary/aromatic N) is 3. The Balaban J connectivity index is 1.70. The SMILES string of the molecule is CCn1c(SCC(=O)Nc2cccc(Cl)c2)nnc1[C@H](NC(=O)c1ccccc1)C(C)C. The molecular weight excluding hydrogens is 446 g/mol. The summed E-state index contributed by atoms with van der Waals surface area (Å²) in [6.45, 7) is 6.65. The van der Waals surface area contributed by atoms with E-state index in [2.05, 4.69) is 20.8 Å². The molecule has 0 aliphatic rings. The average Bonchev–Trinajstić information content (AvgIpc) is 3.18. The number of benzene rings is 2. The Morgan fingerprint density at radius 3 is 2.50 bits per heavy atom. The lowest BCUT2D eigenvalue weighted by molar-refractivity contribution is -0.113. The van der Waals surface area contributed by atoms with Gasteiger partial charge in [-0.3, -0.25) is 9.59 Å². The third-order valence-electron chi connectivity index (χ3n) is 4.77. The maximum atomic E-state index is 12.7.